The molecule has 1 atom stereocenters. The van der Waals surface area contributed by atoms with E-state index in [0.717, 1.165) is 24.3 Å². The lowest BCUT2D eigenvalue weighted by Crippen LogP contribution is -2.31. The fourth-order valence-electron chi connectivity index (χ4n) is 1.37. The first-order chi connectivity index (χ1) is 7.27. The molecule has 0 aromatic carbocycles. The lowest BCUT2D eigenvalue weighted by molar-refractivity contribution is 0.112. The third kappa shape index (κ3) is 3.95. The van der Waals surface area contributed by atoms with Crippen LogP contribution in [0.15, 0.2) is 18.3 Å². The fourth-order valence-corrected chi connectivity index (χ4v) is 1.37. The number of nitrogens with one attached hydrogen (secondary N) is 1. The average molecular weight is 209 g/mol. The van der Waals surface area contributed by atoms with Crippen LogP contribution in [0.5, 0.6) is 0 Å². The summed E-state index contributed by atoms with van der Waals surface area (Å²) < 4.78 is 5.47. The number of hydrogen-bond donors (Lipinski definition) is 2. The summed E-state index contributed by atoms with van der Waals surface area (Å²) >= 11 is 0. The van der Waals surface area contributed by atoms with E-state index in [0.29, 0.717) is 6.61 Å². The van der Waals surface area contributed by atoms with Crippen LogP contribution < -0.4 is 11.3 Å². The summed E-state index contributed by atoms with van der Waals surface area (Å²) in [6, 6.07) is 4.00. The molecule has 0 saturated heterocycles. The average Bonchev–Trinajstić information content (AvgIpc) is 2.24. The van der Waals surface area contributed by atoms with Gasteiger partial charge in [0.15, 0.2) is 0 Å². The van der Waals surface area contributed by atoms with Gasteiger partial charge in [0.2, 0.25) is 0 Å². The highest BCUT2D eigenvalue weighted by molar-refractivity contribution is 5.19. The van der Waals surface area contributed by atoms with Crippen LogP contribution in [0.1, 0.15) is 30.6 Å². The number of hydrogen-bond acceptors (Lipinski definition) is 4. The molecule has 1 unspecified atom stereocenters. The van der Waals surface area contributed by atoms with Gasteiger partial charge in [-0.15, -0.1) is 0 Å². The SMILES string of the molecule is CCCOCC(NN)c1ccnc(C)c1. The van der Waals surface area contributed by atoms with Crippen molar-refractivity contribution in [3.05, 3.63) is 29.6 Å². The highest BCUT2D eigenvalue weighted by Crippen LogP contribution is 2.12. The highest BCUT2D eigenvalue weighted by Gasteiger charge is 2.09. The summed E-state index contributed by atoms with van der Waals surface area (Å²) in [5, 5.41) is 0. The van der Waals surface area contributed by atoms with Crippen LogP contribution in [0.4, 0.5) is 0 Å². The summed E-state index contributed by atoms with van der Waals surface area (Å²) in [4.78, 5) is 4.14. The Kier molecular flexibility index (Phi) is 5.25. The number of nitrogens with two attached hydrogens (primary N) is 1. The van der Waals surface area contributed by atoms with Crippen molar-refractivity contribution in [1.82, 2.24) is 10.4 Å². The van der Waals surface area contributed by atoms with E-state index in [1.165, 1.54) is 0 Å². The lowest BCUT2D eigenvalue weighted by Gasteiger charge is -2.16. The van der Waals surface area contributed by atoms with Crippen LogP contribution >= 0.6 is 0 Å². The van der Waals surface area contributed by atoms with Crippen LogP contribution in [0.3, 0.4) is 0 Å². The predicted octanol–water partition coefficient (Wildman–Crippen LogP) is 1.32. The summed E-state index contributed by atoms with van der Waals surface area (Å²) in [7, 11) is 0. The molecule has 1 heterocycles. The van der Waals surface area contributed by atoms with E-state index >= 15 is 0 Å². The lowest BCUT2D eigenvalue weighted by atomic mass is 10.1. The van der Waals surface area contributed by atoms with Crippen LogP contribution in [-0.2, 0) is 4.74 Å². The number of aryl methyl sites for hydroxylation is 1. The molecule has 0 aliphatic carbocycles. The first-order valence-corrected chi connectivity index (χ1v) is 5.24. The maximum Gasteiger partial charge on any atom is 0.0695 e. The van der Waals surface area contributed by atoms with Gasteiger partial charge >= 0.3 is 0 Å². The van der Waals surface area contributed by atoms with Gasteiger partial charge in [0.05, 0.1) is 12.6 Å². The number of aromatic nitrogens is 1. The Morgan fingerprint density at radius 1 is 1.60 bits per heavy atom. The second-order valence-electron chi connectivity index (χ2n) is 3.52. The molecule has 1 aromatic rings. The van der Waals surface area contributed by atoms with Crippen LogP contribution in [0, 0.1) is 6.92 Å². The standard InChI is InChI=1S/C11H19N3O/c1-3-6-15-8-11(14-12)10-4-5-13-9(2)7-10/h4-5,7,11,14H,3,6,8,12H2,1-2H3. The summed E-state index contributed by atoms with van der Waals surface area (Å²) in [6.45, 7) is 5.40. The normalized spacial score (nSPS) is 12.7. The molecule has 4 nitrogen and oxygen atoms in total. The van der Waals surface area contributed by atoms with Crippen molar-refractivity contribution in [2.45, 2.75) is 26.3 Å². The Morgan fingerprint density at radius 3 is 3.00 bits per heavy atom. The highest BCUT2D eigenvalue weighted by atomic mass is 16.5. The first kappa shape index (κ1) is 12.1. The molecule has 3 N–H and O–H groups in total. The Hall–Kier alpha value is -0.970. The van der Waals surface area contributed by atoms with E-state index in [4.69, 9.17) is 10.6 Å². The quantitative estimate of drug-likeness (QED) is 0.421. The monoisotopic (exact) mass is 209 g/mol. The zero-order valence-electron chi connectivity index (χ0n) is 9.36. The summed E-state index contributed by atoms with van der Waals surface area (Å²) in [6.07, 6.45) is 2.81. The van der Waals surface area contributed by atoms with Crippen molar-refractivity contribution in [2.75, 3.05) is 13.2 Å². The molecule has 1 aromatic heterocycles. The number of hydrazine groups is 1. The van der Waals surface area contributed by atoms with E-state index in [1.807, 2.05) is 19.1 Å². The summed E-state index contributed by atoms with van der Waals surface area (Å²) in [5.74, 6) is 5.49. The third-order valence-electron chi connectivity index (χ3n) is 2.16. The van der Waals surface area contributed by atoms with Crippen LogP contribution in [-0.4, -0.2) is 18.2 Å². The minimum Gasteiger partial charge on any atom is -0.379 e. The van der Waals surface area contributed by atoms with Crippen LogP contribution in [0.2, 0.25) is 0 Å². The van der Waals surface area contributed by atoms with Gasteiger partial charge in [-0.25, -0.2) is 0 Å². The number of pyridine rings is 1. The van der Waals surface area contributed by atoms with Gasteiger partial charge < -0.3 is 4.74 Å². The Morgan fingerprint density at radius 2 is 2.40 bits per heavy atom. The maximum atomic E-state index is 5.49. The molecule has 0 fully saturated rings. The van der Waals surface area contributed by atoms with E-state index < -0.39 is 0 Å². The van der Waals surface area contributed by atoms with Crippen molar-refractivity contribution in [3.8, 4) is 0 Å². The van der Waals surface area contributed by atoms with Gasteiger partial charge in [0.25, 0.3) is 0 Å². The van der Waals surface area contributed by atoms with Gasteiger partial charge in [0.1, 0.15) is 0 Å². The van der Waals surface area contributed by atoms with Gasteiger partial charge in [-0.05, 0) is 31.0 Å². The molecule has 0 radical (unpaired) electrons. The molecule has 0 saturated carbocycles. The van der Waals surface area contributed by atoms with Crippen molar-refractivity contribution < 1.29 is 4.74 Å². The van der Waals surface area contributed by atoms with Crippen molar-refractivity contribution in [1.29, 1.82) is 0 Å². The maximum absolute atomic E-state index is 5.49. The second-order valence-corrected chi connectivity index (χ2v) is 3.52. The molecule has 0 aliphatic rings. The van der Waals surface area contributed by atoms with Gasteiger partial charge in [-0.1, -0.05) is 6.92 Å². The van der Waals surface area contributed by atoms with E-state index in [-0.39, 0.29) is 6.04 Å². The van der Waals surface area contributed by atoms with E-state index in [9.17, 15) is 0 Å². The van der Waals surface area contributed by atoms with Crippen molar-refractivity contribution in [3.63, 3.8) is 0 Å². The molecule has 0 amide bonds. The number of nitrogens with zero attached hydrogens (tertiary/aromatic N) is 1. The van der Waals surface area contributed by atoms with Gasteiger partial charge in [0, 0.05) is 18.5 Å². The summed E-state index contributed by atoms with van der Waals surface area (Å²) in [5.41, 5.74) is 4.85. The molecular formula is C11H19N3O. The second kappa shape index (κ2) is 6.50. The third-order valence-corrected chi connectivity index (χ3v) is 2.16. The molecule has 15 heavy (non-hydrogen) atoms. The predicted molar refractivity (Wildman–Crippen MR) is 60.1 cm³/mol. The van der Waals surface area contributed by atoms with Gasteiger partial charge in [-0.2, -0.15) is 0 Å². The van der Waals surface area contributed by atoms with Gasteiger partial charge in [-0.3, -0.25) is 16.3 Å². The first-order valence-electron chi connectivity index (χ1n) is 5.24. The van der Waals surface area contributed by atoms with Crippen molar-refractivity contribution in [2.24, 2.45) is 5.84 Å². The Bertz CT molecular complexity index is 291. The molecule has 0 bridgehead atoms. The Balaban J connectivity index is 2.57. The molecule has 4 heteroatoms. The van der Waals surface area contributed by atoms with Crippen LogP contribution in [0.25, 0.3) is 0 Å². The minimum atomic E-state index is 0.0400. The minimum absolute atomic E-state index is 0.0400. The molecule has 1 rings (SSSR count). The smallest absolute Gasteiger partial charge is 0.0695 e. The zero-order valence-corrected chi connectivity index (χ0v) is 9.36. The van der Waals surface area contributed by atoms with E-state index in [2.05, 4.69) is 17.3 Å². The van der Waals surface area contributed by atoms with Crippen molar-refractivity contribution >= 4 is 0 Å². The molecule has 84 valence electrons. The van der Waals surface area contributed by atoms with E-state index in [1.54, 1.807) is 6.20 Å². The molecular weight excluding hydrogens is 190 g/mol. The molecule has 0 aliphatic heterocycles. The number of rotatable bonds is 6. The Labute approximate surface area is 90.8 Å². The molecule has 0 spiro atoms. The topological polar surface area (TPSA) is 60.2 Å². The zero-order chi connectivity index (χ0) is 11.1. The largest absolute Gasteiger partial charge is 0.379 e. The number of ether oxygens (including phenoxy) is 1. The fraction of sp³-hybridized carbons (Fsp3) is 0.545.